The SMILES string of the molecule is CN1c2c(cc(Nc3c(F)cccc3F)cc2C(F)(F)F)[C@@H]2CNCC[C@@H]21. The Kier molecular flexibility index (Phi) is 4.25. The van der Waals surface area contributed by atoms with E-state index in [1.54, 1.807) is 18.0 Å². The molecule has 0 aromatic heterocycles. The molecule has 0 aliphatic carbocycles. The lowest BCUT2D eigenvalue weighted by Crippen LogP contribution is -2.42. The highest BCUT2D eigenvalue weighted by molar-refractivity contribution is 5.74. The van der Waals surface area contributed by atoms with Gasteiger partial charge in [-0.1, -0.05) is 6.07 Å². The molecule has 2 aromatic rings. The van der Waals surface area contributed by atoms with Gasteiger partial charge in [0.2, 0.25) is 0 Å². The molecule has 2 aliphatic rings. The molecule has 0 bridgehead atoms. The number of hydrogen-bond acceptors (Lipinski definition) is 3. The van der Waals surface area contributed by atoms with E-state index in [-0.39, 0.29) is 23.3 Å². The first-order chi connectivity index (χ1) is 12.8. The van der Waals surface area contributed by atoms with Crippen molar-refractivity contribution in [2.75, 3.05) is 30.4 Å². The van der Waals surface area contributed by atoms with Crippen LogP contribution >= 0.6 is 0 Å². The summed E-state index contributed by atoms with van der Waals surface area (Å²) < 4.78 is 69.1. The van der Waals surface area contributed by atoms with E-state index in [0.717, 1.165) is 31.2 Å². The van der Waals surface area contributed by atoms with E-state index in [2.05, 4.69) is 10.6 Å². The Morgan fingerprint density at radius 3 is 2.52 bits per heavy atom. The standard InChI is InChI=1S/C19H18F5N3/c1-27-16-5-6-25-9-12(16)11-7-10(8-13(18(11)27)19(22,23)24)26-17-14(20)3-2-4-15(17)21/h2-4,7-8,12,16,25-26H,5-6,9H2,1H3/t12-,16-/m0/s1. The number of nitrogens with zero attached hydrogens (tertiary/aromatic N) is 1. The molecule has 27 heavy (non-hydrogen) atoms. The Bertz CT molecular complexity index is 860. The Labute approximate surface area is 153 Å². The van der Waals surface area contributed by atoms with Gasteiger partial charge in [0.25, 0.3) is 0 Å². The molecule has 0 spiro atoms. The smallest absolute Gasteiger partial charge is 0.370 e. The van der Waals surface area contributed by atoms with Gasteiger partial charge in [-0.25, -0.2) is 8.78 Å². The van der Waals surface area contributed by atoms with E-state index < -0.39 is 29.1 Å². The van der Waals surface area contributed by atoms with Crippen LogP contribution in [0.2, 0.25) is 0 Å². The van der Waals surface area contributed by atoms with Crippen molar-refractivity contribution < 1.29 is 22.0 Å². The molecule has 2 N–H and O–H groups in total. The molecule has 2 atom stereocenters. The van der Waals surface area contributed by atoms with E-state index >= 15 is 0 Å². The number of hydrogen-bond donors (Lipinski definition) is 2. The Hall–Kier alpha value is -2.35. The fourth-order valence-corrected chi connectivity index (χ4v) is 4.17. The molecule has 2 aromatic carbocycles. The Balaban J connectivity index is 1.84. The van der Waals surface area contributed by atoms with Gasteiger partial charge in [0.1, 0.15) is 17.3 Å². The van der Waals surface area contributed by atoms with Gasteiger partial charge in [-0.15, -0.1) is 0 Å². The van der Waals surface area contributed by atoms with Crippen LogP contribution in [0.15, 0.2) is 30.3 Å². The predicted molar refractivity (Wildman–Crippen MR) is 93.5 cm³/mol. The van der Waals surface area contributed by atoms with Crippen LogP contribution in [-0.2, 0) is 6.18 Å². The molecule has 8 heteroatoms. The number of alkyl halides is 3. The number of fused-ring (bicyclic) bond motifs is 3. The second-order valence-electron chi connectivity index (χ2n) is 6.96. The fraction of sp³-hybridized carbons (Fsp3) is 0.368. The van der Waals surface area contributed by atoms with Gasteiger partial charge >= 0.3 is 6.18 Å². The third kappa shape index (κ3) is 3.01. The van der Waals surface area contributed by atoms with Gasteiger partial charge in [0.15, 0.2) is 0 Å². The zero-order valence-corrected chi connectivity index (χ0v) is 14.5. The molecular weight excluding hydrogens is 365 g/mol. The van der Waals surface area contributed by atoms with Gasteiger partial charge in [-0.2, -0.15) is 13.2 Å². The number of anilines is 3. The van der Waals surface area contributed by atoms with E-state index in [0.29, 0.717) is 12.1 Å². The Morgan fingerprint density at radius 2 is 1.85 bits per heavy atom. The molecule has 4 rings (SSSR count). The van der Waals surface area contributed by atoms with Crippen molar-refractivity contribution in [2.45, 2.75) is 24.6 Å². The summed E-state index contributed by atoms with van der Waals surface area (Å²) in [5.74, 6) is -1.83. The molecule has 0 amide bonds. The minimum Gasteiger partial charge on any atom is -0.370 e. The summed E-state index contributed by atoms with van der Waals surface area (Å²) in [5.41, 5.74) is -0.541. The minimum absolute atomic E-state index is 0.0182. The van der Waals surface area contributed by atoms with Gasteiger partial charge in [-0.3, -0.25) is 0 Å². The van der Waals surface area contributed by atoms with E-state index in [4.69, 9.17) is 0 Å². The maximum absolute atomic E-state index is 13.9. The highest BCUT2D eigenvalue weighted by atomic mass is 19.4. The summed E-state index contributed by atoms with van der Waals surface area (Å²) in [6, 6.07) is 5.78. The first-order valence-electron chi connectivity index (χ1n) is 8.67. The van der Waals surface area contributed by atoms with Crippen LogP contribution in [0, 0.1) is 11.6 Å². The van der Waals surface area contributed by atoms with Crippen LogP contribution in [0.5, 0.6) is 0 Å². The predicted octanol–water partition coefficient (Wildman–Crippen LogP) is 4.62. The number of nitrogens with one attached hydrogen (secondary N) is 2. The van der Waals surface area contributed by atoms with E-state index in [1.807, 2.05) is 0 Å². The van der Waals surface area contributed by atoms with Crippen molar-refractivity contribution in [3.63, 3.8) is 0 Å². The van der Waals surface area contributed by atoms with Gasteiger partial charge < -0.3 is 15.5 Å². The topological polar surface area (TPSA) is 27.3 Å². The number of likely N-dealkylation sites (N-methyl/N-ethyl adjacent to an activating group) is 1. The van der Waals surface area contributed by atoms with Crippen LogP contribution in [0.1, 0.15) is 23.5 Å². The molecule has 144 valence electrons. The zero-order valence-electron chi connectivity index (χ0n) is 14.5. The van der Waals surface area contributed by atoms with Crippen molar-refractivity contribution in [3.05, 3.63) is 53.1 Å². The quantitative estimate of drug-likeness (QED) is 0.741. The van der Waals surface area contributed by atoms with Crippen LogP contribution < -0.4 is 15.5 Å². The van der Waals surface area contributed by atoms with E-state index in [1.165, 1.54) is 6.07 Å². The number of halogens is 5. The van der Waals surface area contributed by atoms with Crippen LogP contribution in [0.25, 0.3) is 0 Å². The second-order valence-corrected chi connectivity index (χ2v) is 6.96. The molecule has 1 saturated heterocycles. The summed E-state index contributed by atoms with van der Waals surface area (Å²) in [6.07, 6.45) is -3.84. The lowest BCUT2D eigenvalue weighted by atomic mass is 9.89. The first kappa shape index (κ1) is 18.0. The third-order valence-corrected chi connectivity index (χ3v) is 5.37. The lowest BCUT2D eigenvalue weighted by Gasteiger charge is -2.31. The number of piperidine rings is 1. The van der Waals surface area contributed by atoms with Crippen molar-refractivity contribution in [1.82, 2.24) is 5.32 Å². The van der Waals surface area contributed by atoms with Gasteiger partial charge in [-0.05, 0) is 42.8 Å². The molecular formula is C19H18F5N3. The second kappa shape index (κ2) is 6.37. The molecule has 0 saturated carbocycles. The molecule has 2 aliphatic heterocycles. The average Bonchev–Trinajstić information content (AvgIpc) is 2.90. The summed E-state index contributed by atoms with van der Waals surface area (Å²) in [5, 5.41) is 5.72. The third-order valence-electron chi connectivity index (χ3n) is 5.37. The number of rotatable bonds is 2. The maximum atomic E-state index is 13.9. The minimum atomic E-state index is -4.58. The summed E-state index contributed by atoms with van der Waals surface area (Å²) >= 11 is 0. The number of para-hydroxylation sites is 1. The van der Waals surface area contributed by atoms with Gasteiger partial charge in [0, 0.05) is 31.2 Å². The summed E-state index contributed by atoms with van der Waals surface area (Å²) in [7, 11) is 1.67. The van der Waals surface area contributed by atoms with E-state index in [9.17, 15) is 22.0 Å². The Morgan fingerprint density at radius 1 is 1.15 bits per heavy atom. The highest BCUT2D eigenvalue weighted by Gasteiger charge is 2.45. The molecule has 0 unspecified atom stereocenters. The largest absolute Gasteiger partial charge is 0.418 e. The molecule has 1 fully saturated rings. The lowest BCUT2D eigenvalue weighted by molar-refractivity contribution is -0.137. The first-order valence-corrected chi connectivity index (χ1v) is 8.67. The van der Waals surface area contributed by atoms with Crippen molar-refractivity contribution >= 4 is 17.1 Å². The van der Waals surface area contributed by atoms with Crippen molar-refractivity contribution in [2.24, 2.45) is 0 Å². The molecule has 2 heterocycles. The normalized spacial score (nSPS) is 21.8. The average molecular weight is 383 g/mol. The fourth-order valence-electron chi connectivity index (χ4n) is 4.17. The number of benzene rings is 2. The van der Waals surface area contributed by atoms with Crippen LogP contribution in [0.3, 0.4) is 0 Å². The van der Waals surface area contributed by atoms with Gasteiger partial charge in [0.05, 0.1) is 11.3 Å². The molecule has 3 nitrogen and oxygen atoms in total. The summed E-state index contributed by atoms with van der Waals surface area (Å²) in [4.78, 5) is 1.69. The summed E-state index contributed by atoms with van der Waals surface area (Å²) in [6.45, 7) is 1.31. The van der Waals surface area contributed by atoms with Crippen molar-refractivity contribution in [3.8, 4) is 0 Å². The van der Waals surface area contributed by atoms with Crippen LogP contribution in [-0.4, -0.2) is 26.2 Å². The maximum Gasteiger partial charge on any atom is 0.418 e. The monoisotopic (exact) mass is 383 g/mol. The molecule has 0 radical (unpaired) electrons. The highest BCUT2D eigenvalue weighted by Crippen LogP contribution is 2.50. The van der Waals surface area contributed by atoms with Crippen LogP contribution in [0.4, 0.5) is 39.0 Å². The zero-order chi connectivity index (χ0) is 19.3. The van der Waals surface area contributed by atoms with Crippen molar-refractivity contribution in [1.29, 1.82) is 0 Å².